The van der Waals surface area contributed by atoms with Gasteiger partial charge < -0.3 is 5.32 Å². The lowest BCUT2D eigenvalue weighted by Gasteiger charge is -2.07. The van der Waals surface area contributed by atoms with Crippen molar-refractivity contribution in [2.45, 2.75) is 13.8 Å². The zero-order valence-electron chi connectivity index (χ0n) is 10.4. The molecule has 0 aliphatic carbocycles. The van der Waals surface area contributed by atoms with Crippen LogP contribution < -0.4 is 5.32 Å². The molecule has 0 unspecified atom stereocenters. The monoisotopic (exact) mass is 265 g/mol. The first-order valence-electron chi connectivity index (χ1n) is 5.34. The first-order valence-corrected chi connectivity index (χ1v) is 7.16. The summed E-state index contributed by atoms with van der Waals surface area (Å²) in [7, 11) is -3.52. The van der Waals surface area contributed by atoms with Crippen LogP contribution >= 0.6 is 0 Å². The fourth-order valence-corrected chi connectivity index (χ4v) is 2.45. The second-order valence-electron chi connectivity index (χ2n) is 4.16. The first kappa shape index (κ1) is 14.3. The lowest BCUT2D eigenvalue weighted by atomic mass is 10.1. The van der Waals surface area contributed by atoms with Crippen LogP contribution in [0, 0.1) is 26.2 Å². The molecule has 0 bridgehead atoms. The number of rotatable bonds is 4. The van der Waals surface area contributed by atoms with Gasteiger partial charge in [0.2, 0.25) is 5.91 Å². The number of terminal acetylenes is 1. The fourth-order valence-electron chi connectivity index (χ4n) is 1.62. The molecule has 5 heteroatoms. The number of sulfone groups is 1. The summed E-state index contributed by atoms with van der Waals surface area (Å²) in [4.78, 5) is 11.6. The quantitative estimate of drug-likeness (QED) is 0.834. The van der Waals surface area contributed by atoms with Gasteiger partial charge in [0, 0.05) is 5.69 Å². The zero-order chi connectivity index (χ0) is 13.8. The number of amides is 1. The highest BCUT2D eigenvalue weighted by molar-refractivity contribution is 7.92. The number of benzene rings is 1. The molecule has 1 amide bonds. The van der Waals surface area contributed by atoms with E-state index < -0.39 is 27.3 Å². The van der Waals surface area contributed by atoms with Gasteiger partial charge in [-0.05, 0) is 37.1 Å². The van der Waals surface area contributed by atoms with E-state index in [1.54, 1.807) is 12.1 Å². The molecule has 0 radical (unpaired) electrons. The van der Waals surface area contributed by atoms with Crippen LogP contribution in [0.4, 0.5) is 5.69 Å². The summed E-state index contributed by atoms with van der Waals surface area (Å²) in [6, 6.07) is 5.52. The van der Waals surface area contributed by atoms with Crippen LogP contribution in [-0.4, -0.2) is 25.8 Å². The molecule has 0 aliphatic rings. The molecule has 96 valence electrons. The van der Waals surface area contributed by atoms with E-state index in [9.17, 15) is 13.2 Å². The van der Waals surface area contributed by atoms with Crippen LogP contribution in [-0.2, 0) is 14.6 Å². The van der Waals surface area contributed by atoms with Crippen molar-refractivity contribution in [3.8, 4) is 12.3 Å². The Balaban J connectivity index is 2.74. The lowest BCUT2D eigenvalue weighted by Crippen LogP contribution is -2.24. The molecule has 4 nitrogen and oxygen atoms in total. The summed E-state index contributed by atoms with van der Waals surface area (Å²) in [5.74, 6) is 0.437. The average Bonchev–Trinajstić information content (AvgIpc) is 2.13. The molecule has 18 heavy (non-hydrogen) atoms. The molecule has 1 aromatic carbocycles. The second-order valence-corrected chi connectivity index (χ2v) is 6.23. The molecule has 0 atom stereocenters. The summed E-state index contributed by atoms with van der Waals surface area (Å²) < 4.78 is 22.7. The number of nitrogens with one attached hydrogen (secondary N) is 1. The average molecular weight is 265 g/mol. The van der Waals surface area contributed by atoms with E-state index in [4.69, 9.17) is 6.42 Å². The Labute approximate surface area is 107 Å². The Morgan fingerprint density at radius 1 is 1.28 bits per heavy atom. The van der Waals surface area contributed by atoms with Crippen molar-refractivity contribution in [3.05, 3.63) is 29.3 Å². The Morgan fingerprint density at radius 2 is 1.83 bits per heavy atom. The zero-order valence-corrected chi connectivity index (χ0v) is 11.2. The third kappa shape index (κ3) is 4.60. The molecule has 0 saturated heterocycles. The number of carbonyl (C=O) groups is 1. The summed E-state index contributed by atoms with van der Waals surface area (Å²) in [6.07, 6.45) is 4.92. The standard InChI is InChI=1S/C13H15NO3S/c1-4-5-18(16,17)9-13(15)14-12-7-10(2)6-11(3)8-12/h1,6-8H,5,9H2,2-3H3,(H,14,15). The maximum atomic E-state index is 11.6. The van der Waals surface area contributed by atoms with Gasteiger partial charge >= 0.3 is 0 Å². The minimum absolute atomic E-state index is 0.423. The van der Waals surface area contributed by atoms with Gasteiger partial charge in [0.25, 0.3) is 0 Å². The third-order valence-electron chi connectivity index (χ3n) is 2.16. The smallest absolute Gasteiger partial charge is 0.239 e. The van der Waals surface area contributed by atoms with Crippen molar-refractivity contribution in [1.82, 2.24) is 0 Å². The lowest BCUT2D eigenvalue weighted by molar-refractivity contribution is -0.113. The summed E-state index contributed by atoms with van der Waals surface area (Å²) in [5.41, 5.74) is 2.59. The van der Waals surface area contributed by atoms with E-state index in [0.717, 1.165) is 11.1 Å². The molecule has 0 aromatic heterocycles. The predicted octanol–water partition coefficient (Wildman–Crippen LogP) is 1.29. The largest absolute Gasteiger partial charge is 0.325 e. The maximum absolute atomic E-state index is 11.6. The fraction of sp³-hybridized carbons (Fsp3) is 0.308. The van der Waals surface area contributed by atoms with Crippen molar-refractivity contribution < 1.29 is 13.2 Å². The van der Waals surface area contributed by atoms with Crippen molar-refractivity contribution in [3.63, 3.8) is 0 Å². The van der Waals surface area contributed by atoms with Crippen LogP contribution in [0.5, 0.6) is 0 Å². The molecule has 1 rings (SSSR count). The van der Waals surface area contributed by atoms with Crippen LogP contribution in [0.1, 0.15) is 11.1 Å². The van der Waals surface area contributed by atoms with E-state index in [2.05, 4.69) is 5.32 Å². The van der Waals surface area contributed by atoms with E-state index in [1.807, 2.05) is 25.8 Å². The SMILES string of the molecule is C#CCS(=O)(=O)CC(=O)Nc1cc(C)cc(C)c1. The molecular weight excluding hydrogens is 250 g/mol. The van der Waals surface area contributed by atoms with E-state index >= 15 is 0 Å². The summed E-state index contributed by atoms with van der Waals surface area (Å²) in [6.45, 7) is 3.80. The molecule has 0 heterocycles. The Bertz CT molecular complexity index is 577. The van der Waals surface area contributed by atoms with Crippen molar-refractivity contribution in [2.24, 2.45) is 0 Å². The number of hydrogen-bond donors (Lipinski definition) is 1. The molecule has 1 aromatic rings. The number of anilines is 1. The number of carbonyl (C=O) groups excluding carboxylic acids is 1. The highest BCUT2D eigenvalue weighted by Gasteiger charge is 2.15. The minimum atomic E-state index is -3.52. The van der Waals surface area contributed by atoms with E-state index in [1.165, 1.54) is 0 Å². The maximum Gasteiger partial charge on any atom is 0.239 e. The minimum Gasteiger partial charge on any atom is -0.325 e. The Morgan fingerprint density at radius 3 is 2.33 bits per heavy atom. The van der Waals surface area contributed by atoms with Crippen LogP contribution in [0.3, 0.4) is 0 Å². The van der Waals surface area contributed by atoms with Gasteiger partial charge in [-0.2, -0.15) is 0 Å². The van der Waals surface area contributed by atoms with Crippen LogP contribution in [0.2, 0.25) is 0 Å². The van der Waals surface area contributed by atoms with Crippen molar-refractivity contribution >= 4 is 21.4 Å². The van der Waals surface area contributed by atoms with Crippen LogP contribution in [0.15, 0.2) is 18.2 Å². The van der Waals surface area contributed by atoms with Crippen LogP contribution in [0.25, 0.3) is 0 Å². The van der Waals surface area contributed by atoms with Gasteiger partial charge in [0.05, 0.1) is 0 Å². The molecule has 1 N–H and O–H groups in total. The highest BCUT2D eigenvalue weighted by atomic mass is 32.2. The molecule has 0 saturated carbocycles. The topological polar surface area (TPSA) is 63.2 Å². The third-order valence-corrected chi connectivity index (χ3v) is 3.47. The predicted molar refractivity (Wildman–Crippen MR) is 72.0 cm³/mol. The van der Waals surface area contributed by atoms with Gasteiger partial charge in [-0.1, -0.05) is 12.0 Å². The molecule has 0 aliphatic heterocycles. The highest BCUT2D eigenvalue weighted by Crippen LogP contribution is 2.13. The second kappa shape index (κ2) is 5.69. The van der Waals surface area contributed by atoms with Gasteiger partial charge in [-0.3, -0.25) is 4.79 Å². The van der Waals surface area contributed by atoms with Gasteiger partial charge in [0.15, 0.2) is 9.84 Å². The Hall–Kier alpha value is -1.80. The molecule has 0 fully saturated rings. The Kier molecular flexibility index (Phi) is 4.51. The summed E-state index contributed by atoms with van der Waals surface area (Å²) >= 11 is 0. The summed E-state index contributed by atoms with van der Waals surface area (Å²) in [5, 5.41) is 2.55. The number of hydrogen-bond acceptors (Lipinski definition) is 3. The van der Waals surface area contributed by atoms with Crippen molar-refractivity contribution in [2.75, 3.05) is 16.8 Å². The van der Waals surface area contributed by atoms with Gasteiger partial charge in [0.1, 0.15) is 11.5 Å². The molecular formula is C13H15NO3S. The van der Waals surface area contributed by atoms with Gasteiger partial charge in [-0.25, -0.2) is 8.42 Å². The van der Waals surface area contributed by atoms with Crippen molar-refractivity contribution in [1.29, 1.82) is 0 Å². The number of aryl methyl sites for hydroxylation is 2. The molecule has 0 spiro atoms. The van der Waals surface area contributed by atoms with E-state index in [-0.39, 0.29) is 0 Å². The normalized spacial score (nSPS) is 10.7. The first-order chi connectivity index (χ1) is 8.32. The van der Waals surface area contributed by atoms with E-state index in [0.29, 0.717) is 5.69 Å². The van der Waals surface area contributed by atoms with Gasteiger partial charge in [-0.15, -0.1) is 6.42 Å².